The van der Waals surface area contributed by atoms with Crippen LogP contribution in [0.25, 0.3) is 10.1 Å². The summed E-state index contributed by atoms with van der Waals surface area (Å²) in [7, 11) is 2.08. The minimum atomic E-state index is -2.04. The number of carbonyl (C=O) groups is 1. The van der Waals surface area contributed by atoms with Crippen molar-refractivity contribution >= 4 is 55.7 Å². The lowest BCUT2D eigenvalue weighted by Gasteiger charge is -2.32. The molecule has 8 nitrogen and oxygen atoms in total. The molecular weight excluding hydrogens is 446 g/mol. The van der Waals surface area contributed by atoms with Crippen LogP contribution < -0.4 is 10.6 Å². The van der Waals surface area contributed by atoms with Gasteiger partial charge < -0.3 is 25.0 Å². The van der Waals surface area contributed by atoms with E-state index in [4.69, 9.17) is 0 Å². The van der Waals surface area contributed by atoms with E-state index >= 15 is 0 Å². The highest BCUT2D eigenvalue weighted by molar-refractivity contribution is 7.79. The molecule has 166 valence electrons. The number of piperazine rings is 1. The van der Waals surface area contributed by atoms with Crippen LogP contribution in [-0.4, -0.2) is 63.7 Å². The molecule has 2 aliphatic rings. The first-order valence-electron chi connectivity index (χ1n) is 10.3. The highest BCUT2D eigenvalue weighted by atomic mass is 32.2. The van der Waals surface area contributed by atoms with E-state index in [1.165, 1.54) is 11.3 Å². The molecule has 1 fully saturated rings. The standard InChI is InChI=1S/C22H23N5O3S2/c1-26-7-9-27(10-8-26)21(28)19-12-17-18(31-19)6-5-14-13-23-22(25-20(14)17)24-15-3-2-4-16(11-15)32(29)30/h2-6,11-12H,7-10,13H2,1H3,(H,29,30)(H2,23,24,25). The van der Waals surface area contributed by atoms with Crippen LogP contribution >= 0.6 is 11.3 Å². The van der Waals surface area contributed by atoms with Crippen molar-refractivity contribution < 1.29 is 13.6 Å². The summed E-state index contributed by atoms with van der Waals surface area (Å²) in [6, 6.07) is 12.8. The third-order valence-corrected chi connectivity index (χ3v) is 7.48. The Morgan fingerprint density at radius 2 is 2.00 bits per heavy atom. The van der Waals surface area contributed by atoms with Crippen molar-refractivity contribution in [2.45, 2.75) is 11.4 Å². The molecule has 0 bridgehead atoms. The smallest absolute Gasteiger partial charge is 0.264 e. The van der Waals surface area contributed by atoms with Crippen molar-refractivity contribution in [2.24, 2.45) is 4.99 Å². The second-order valence-corrected chi connectivity index (χ2v) is 9.96. The number of nitrogens with zero attached hydrogens (tertiary/aromatic N) is 3. The van der Waals surface area contributed by atoms with Gasteiger partial charge in [-0.05, 0) is 42.9 Å². The normalized spacial score (nSPS) is 17.4. The van der Waals surface area contributed by atoms with E-state index in [0.29, 0.717) is 23.1 Å². The average molecular weight is 470 g/mol. The Morgan fingerprint density at radius 1 is 1.19 bits per heavy atom. The fourth-order valence-corrected chi connectivity index (χ4v) is 5.38. The van der Waals surface area contributed by atoms with Gasteiger partial charge in [0.15, 0.2) is 11.1 Å². The number of hydrogen-bond acceptors (Lipinski definition) is 7. The Bertz CT molecular complexity index is 1250. The van der Waals surface area contributed by atoms with E-state index in [-0.39, 0.29) is 5.91 Å². The molecule has 1 aromatic heterocycles. The van der Waals surface area contributed by atoms with Gasteiger partial charge in [-0.2, -0.15) is 0 Å². The van der Waals surface area contributed by atoms with Crippen LogP contribution in [0.5, 0.6) is 0 Å². The van der Waals surface area contributed by atoms with E-state index in [1.54, 1.807) is 18.2 Å². The third-order valence-electron chi connectivity index (χ3n) is 5.74. The largest absolute Gasteiger partial charge is 0.335 e. The molecule has 1 amide bonds. The number of rotatable bonds is 3. The molecule has 3 heterocycles. The molecule has 1 saturated heterocycles. The Labute approximate surface area is 192 Å². The summed E-state index contributed by atoms with van der Waals surface area (Å²) >= 11 is -0.528. The Kier molecular flexibility index (Phi) is 5.68. The Hall–Kier alpha value is -2.79. The fraction of sp³-hybridized carbons (Fsp3) is 0.273. The van der Waals surface area contributed by atoms with E-state index < -0.39 is 11.1 Å². The molecule has 3 N–H and O–H groups in total. The number of guanidine groups is 1. The number of fused-ring (bicyclic) bond motifs is 3. The van der Waals surface area contributed by atoms with Gasteiger partial charge in [-0.3, -0.25) is 4.79 Å². The lowest BCUT2D eigenvalue weighted by molar-refractivity contribution is 0.0669. The predicted octanol–water partition coefficient (Wildman–Crippen LogP) is 3.26. The second kappa shape index (κ2) is 8.62. The highest BCUT2D eigenvalue weighted by Crippen LogP contribution is 2.36. The van der Waals surface area contributed by atoms with Gasteiger partial charge in [0.2, 0.25) is 5.96 Å². The maximum atomic E-state index is 13.1. The summed E-state index contributed by atoms with van der Waals surface area (Å²) < 4.78 is 21.7. The molecule has 5 rings (SSSR count). The number of nitrogens with one attached hydrogen (secondary N) is 2. The van der Waals surface area contributed by atoms with E-state index in [1.807, 2.05) is 23.1 Å². The van der Waals surface area contributed by atoms with Crippen LogP contribution in [0.1, 0.15) is 15.2 Å². The van der Waals surface area contributed by atoms with Crippen LogP contribution in [0, 0.1) is 0 Å². The zero-order chi connectivity index (χ0) is 22.2. The minimum Gasteiger partial charge on any atom is -0.335 e. The molecule has 2 aliphatic heterocycles. The van der Waals surface area contributed by atoms with Crippen LogP contribution in [0.4, 0.5) is 11.4 Å². The average Bonchev–Trinajstić information content (AvgIpc) is 3.24. The van der Waals surface area contributed by atoms with Gasteiger partial charge in [-0.15, -0.1) is 11.3 Å². The lowest BCUT2D eigenvalue weighted by atomic mass is 10.1. The molecule has 1 unspecified atom stereocenters. The molecule has 0 spiro atoms. The fourth-order valence-electron chi connectivity index (χ4n) is 3.92. The van der Waals surface area contributed by atoms with Gasteiger partial charge in [0, 0.05) is 42.0 Å². The maximum Gasteiger partial charge on any atom is 0.264 e. The van der Waals surface area contributed by atoms with Crippen molar-refractivity contribution in [3.63, 3.8) is 0 Å². The van der Waals surface area contributed by atoms with Gasteiger partial charge >= 0.3 is 0 Å². The van der Waals surface area contributed by atoms with Gasteiger partial charge in [0.25, 0.3) is 5.91 Å². The zero-order valence-corrected chi connectivity index (χ0v) is 19.1. The second-order valence-electron chi connectivity index (χ2n) is 7.91. The molecule has 2 aromatic carbocycles. The topological polar surface area (TPSA) is 97.3 Å². The summed E-state index contributed by atoms with van der Waals surface area (Å²) in [5, 5.41) is 7.54. The maximum absolute atomic E-state index is 13.1. The molecule has 32 heavy (non-hydrogen) atoms. The van der Waals surface area contributed by atoms with E-state index in [2.05, 4.69) is 33.6 Å². The van der Waals surface area contributed by atoms with Gasteiger partial charge in [-0.25, -0.2) is 9.20 Å². The van der Waals surface area contributed by atoms with Crippen molar-refractivity contribution in [3.05, 3.63) is 52.9 Å². The number of likely N-dealkylation sites (N-methyl/N-ethyl adjacent to an activating group) is 1. The van der Waals surface area contributed by atoms with Gasteiger partial charge in [-0.1, -0.05) is 12.1 Å². The predicted molar refractivity (Wildman–Crippen MR) is 129 cm³/mol. The Balaban J connectivity index is 1.39. The lowest BCUT2D eigenvalue weighted by Crippen LogP contribution is -2.46. The van der Waals surface area contributed by atoms with Gasteiger partial charge in [0.1, 0.15) is 0 Å². The van der Waals surface area contributed by atoms with Crippen molar-refractivity contribution in [3.8, 4) is 0 Å². The van der Waals surface area contributed by atoms with Crippen molar-refractivity contribution in [1.29, 1.82) is 0 Å². The van der Waals surface area contributed by atoms with Crippen LogP contribution in [0.15, 0.2) is 52.4 Å². The molecular formula is C22H23N5O3S2. The Morgan fingerprint density at radius 3 is 2.78 bits per heavy atom. The summed E-state index contributed by atoms with van der Waals surface area (Å²) in [5.41, 5.74) is 2.67. The van der Waals surface area contributed by atoms with Crippen LogP contribution in [0.3, 0.4) is 0 Å². The zero-order valence-electron chi connectivity index (χ0n) is 17.5. The van der Waals surface area contributed by atoms with E-state index in [9.17, 15) is 13.6 Å². The number of amides is 1. The number of aliphatic imine (C=N–C) groups is 1. The quantitative estimate of drug-likeness (QED) is 0.510. The first kappa shape index (κ1) is 21.1. The molecule has 0 saturated carbocycles. The van der Waals surface area contributed by atoms with Gasteiger partial charge in [0.05, 0.1) is 22.0 Å². The third kappa shape index (κ3) is 4.14. The highest BCUT2D eigenvalue weighted by Gasteiger charge is 2.24. The molecule has 10 heteroatoms. The monoisotopic (exact) mass is 469 g/mol. The van der Waals surface area contributed by atoms with Crippen molar-refractivity contribution in [2.75, 3.05) is 43.9 Å². The number of anilines is 2. The van der Waals surface area contributed by atoms with E-state index in [0.717, 1.165) is 52.4 Å². The first-order chi connectivity index (χ1) is 15.5. The molecule has 3 aromatic rings. The number of thiophene rings is 1. The molecule has 0 aliphatic carbocycles. The minimum absolute atomic E-state index is 0.0877. The summed E-state index contributed by atoms with van der Waals surface area (Å²) in [6.45, 7) is 3.79. The first-order valence-corrected chi connectivity index (χ1v) is 12.2. The van der Waals surface area contributed by atoms with Crippen molar-refractivity contribution in [1.82, 2.24) is 9.80 Å². The summed E-state index contributed by atoms with van der Waals surface area (Å²) in [4.78, 5) is 22.8. The molecule has 1 atom stereocenters. The number of hydrogen-bond donors (Lipinski definition) is 3. The summed E-state index contributed by atoms with van der Waals surface area (Å²) in [6.07, 6.45) is 0. The SMILES string of the molecule is CN1CCN(C(=O)c2cc3c4c(ccc3s2)CN=C(Nc2cccc(S(=O)O)c2)N4)CC1. The number of benzene rings is 2. The number of carbonyl (C=O) groups excluding carboxylic acids is 1. The molecule has 0 radical (unpaired) electrons. The summed E-state index contributed by atoms with van der Waals surface area (Å²) in [5.74, 6) is 0.647. The van der Waals surface area contributed by atoms with Crippen LogP contribution in [-0.2, 0) is 17.6 Å². The van der Waals surface area contributed by atoms with Crippen LogP contribution in [0.2, 0.25) is 0 Å².